The molecule has 0 aromatic carbocycles. The van der Waals surface area contributed by atoms with Gasteiger partial charge in [0, 0.05) is 6.92 Å². The summed E-state index contributed by atoms with van der Waals surface area (Å²) >= 11 is 0. The molecule has 15 heavy (non-hydrogen) atoms. The van der Waals surface area contributed by atoms with Gasteiger partial charge in [0.15, 0.2) is 6.23 Å². The quantitative estimate of drug-likeness (QED) is 0.337. The average molecular weight is 221 g/mol. The molecule has 0 saturated carbocycles. The zero-order valence-electron chi connectivity index (χ0n) is 8.20. The number of hydrogen-bond acceptors (Lipinski definition) is 6. The Bertz CT molecular complexity index is 233. The van der Waals surface area contributed by atoms with E-state index in [2.05, 4.69) is 5.32 Å². The second kappa shape index (κ2) is 4.86. The predicted octanol–water partition coefficient (Wildman–Crippen LogP) is -3.08. The van der Waals surface area contributed by atoms with Crippen molar-refractivity contribution in [2.24, 2.45) is 0 Å². The van der Waals surface area contributed by atoms with Crippen molar-refractivity contribution in [1.82, 2.24) is 5.32 Å². The lowest BCUT2D eigenvalue weighted by Crippen LogP contribution is -2.63. The molecule has 0 radical (unpaired) electrons. The van der Waals surface area contributed by atoms with Crippen molar-refractivity contribution in [3.8, 4) is 0 Å². The van der Waals surface area contributed by atoms with Gasteiger partial charge >= 0.3 is 0 Å². The average Bonchev–Trinajstić information content (AvgIpc) is 2.18. The van der Waals surface area contributed by atoms with Crippen molar-refractivity contribution >= 4 is 5.91 Å². The summed E-state index contributed by atoms with van der Waals surface area (Å²) in [5, 5.41) is 39.3. The molecule has 1 aliphatic heterocycles. The van der Waals surface area contributed by atoms with Crippen LogP contribution in [0.25, 0.3) is 0 Å². The summed E-state index contributed by atoms with van der Waals surface area (Å²) in [5.74, 6) is -0.445. The van der Waals surface area contributed by atoms with Crippen LogP contribution in [-0.2, 0) is 9.53 Å². The van der Waals surface area contributed by atoms with E-state index in [4.69, 9.17) is 9.84 Å². The molecular weight excluding hydrogens is 206 g/mol. The first-order valence-electron chi connectivity index (χ1n) is 4.55. The number of aliphatic hydroxyl groups excluding tert-OH is 4. The summed E-state index contributed by atoms with van der Waals surface area (Å²) in [6.45, 7) is 0.711. The van der Waals surface area contributed by atoms with Crippen LogP contribution in [0.15, 0.2) is 0 Å². The van der Waals surface area contributed by atoms with Crippen LogP contribution in [-0.4, -0.2) is 63.6 Å². The van der Waals surface area contributed by atoms with E-state index >= 15 is 0 Å². The largest absolute Gasteiger partial charge is 0.394 e. The molecule has 0 unspecified atom stereocenters. The van der Waals surface area contributed by atoms with Crippen molar-refractivity contribution in [3.63, 3.8) is 0 Å². The Balaban J connectivity index is 2.69. The Labute approximate surface area is 86.3 Å². The number of hydrogen-bond donors (Lipinski definition) is 5. The summed E-state index contributed by atoms with van der Waals surface area (Å²) in [6, 6.07) is 0. The lowest BCUT2D eigenvalue weighted by Gasteiger charge is -2.39. The van der Waals surface area contributed by atoms with Crippen molar-refractivity contribution in [3.05, 3.63) is 0 Å². The molecule has 88 valence electrons. The molecule has 1 aliphatic rings. The highest BCUT2D eigenvalue weighted by atomic mass is 16.6. The molecule has 0 aromatic rings. The highest BCUT2D eigenvalue weighted by Gasteiger charge is 2.43. The van der Waals surface area contributed by atoms with E-state index in [9.17, 15) is 20.1 Å². The van der Waals surface area contributed by atoms with Gasteiger partial charge in [-0.15, -0.1) is 0 Å². The summed E-state index contributed by atoms with van der Waals surface area (Å²) in [6.07, 6.45) is -6.42. The molecule has 5 N–H and O–H groups in total. The van der Waals surface area contributed by atoms with E-state index < -0.39 is 43.2 Å². The zero-order valence-corrected chi connectivity index (χ0v) is 8.20. The molecular formula is C8H15NO6. The number of aliphatic hydroxyl groups is 4. The minimum Gasteiger partial charge on any atom is -0.394 e. The lowest BCUT2D eigenvalue weighted by atomic mass is 9.98. The molecule has 1 heterocycles. The number of ether oxygens (including phenoxy) is 1. The van der Waals surface area contributed by atoms with E-state index in [1.54, 1.807) is 0 Å². The Morgan fingerprint density at radius 1 is 1.27 bits per heavy atom. The molecule has 1 fully saturated rings. The Morgan fingerprint density at radius 2 is 1.87 bits per heavy atom. The van der Waals surface area contributed by atoms with Crippen LogP contribution in [0.5, 0.6) is 0 Å². The molecule has 0 spiro atoms. The van der Waals surface area contributed by atoms with Crippen molar-refractivity contribution in [2.75, 3.05) is 6.61 Å². The molecule has 0 bridgehead atoms. The van der Waals surface area contributed by atoms with Crippen LogP contribution < -0.4 is 5.32 Å². The Morgan fingerprint density at radius 3 is 2.33 bits per heavy atom. The normalized spacial score (nSPS) is 41.3. The van der Waals surface area contributed by atoms with E-state index in [0.717, 1.165) is 0 Å². The van der Waals surface area contributed by atoms with Crippen LogP contribution in [0.2, 0.25) is 0 Å². The number of rotatable bonds is 2. The van der Waals surface area contributed by atoms with Crippen LogP contribution in [0.1, 0.15) is 6.92 Å². The molecule has 7 nitrogen and oxygen atoms in total. The fourth-order valence-corrected chi connectivity index (χ4v) is 1.42. The first-order valence-corrected chi connectivity index (χ1v) is 4.55. The van der Waals surface area contributed by atoms with E-state index in [1.165, 1.54) is 6.92 Å². The Kier molecular flexibility index (Phi) is 4.00. The van der Waals surface area contributed by atoms with Crippen LogP contribution in [0.4, 0.5) is 0 Å². The maximum atomic E-state index is 10.7. The van der Waals surface area contributed by atoms with Gasteiger partial charge in [-0.3, -0.25) is 4.79 Å². The highest BCUT2D eigenvalue weighted by molar-refractivity contribution is 5.73. The van der Waals surface area contributed by atoms with Crippen molar-refractivity contribution in [2.45, 2.75) is 37.6 Å². The lowest BCUT2D eigenvalue weighted by molar-refractivity contribution is -0.235. The van der Waals surface area contributed by atoms with Gasteiger partial charge in [-0.25, -0.2) is 0 Å². The third-order valence-corrected chi connectivity index (χ3v) is 2.24. The molecule has 1 amide bonds. The minimum atomic E-state index is -1.47. The first-order chi connectivity index (χ1) is 6.97. The van der Waals surface area contributed by atoms with Gasteiger partial charge in [0.1, 0.15) is 24.4 Å². The molecule has 0 aromatic heterocycles. The topological polar surface area (TPSA) is 119 Å². The molecule has 1 saturated heterocycles. The summed E-state index contributed by atoms with van der Waals surface area (Å²) < 4.78 is 5.00. The summed E-state index contributed by atoms with van der Waals surface area (Å²) in [7, 11) is 0. The third kappa shape index (κ3) is 2.64. The van der Waals surface area contributed by atoms with Gasteiger partial charge in [0.2, 0.25) is 5.91 Å². The van der Waals surface area contributed by atoms with Gasteiger partial charge < -0.3 is 30.5 Å². The maximum Gasteiger partial charge on any atom is 0.218 e. The number of carbonyl (C=O) groups is 1. The summed E-state index contributed by atoms with van der Waals surface area (Å²) in [5.41, 5.74) is 0. The maximum absolute atomic E-state index is 10.7. The number of carbonyl (C=O) groups excluding carboxylic acids is 1. The van der Waals surface area contributed by atoms with Crippen LogP contribution >= 0.6 is 0 Å². The molecule has 1 rings (SSSR count). The van der Waals surface area contributed by atoms with Gasteiger partial charge in [0.25, 0.3) is 0 Å². The molecule has 0 aliphatic carbocycles. The zero-order chi connectivity index (χ0) is 11.6. The van der Waals surface area contributed by atoms with Gasteiger partial charge in [-0.1, -0.05) is 0 Å². The first kappa shape index (κ1) is 12.3. The van der Waals surface area contributed by atoms with E-state index in [1.807, 2.05) is 0 Å². The highest BCUT2D eigenvalue weighted by Crippen LogP contribution is 2.19. The molecule has 7 heteroatoms. The van der Waals surface area contributed by atoms with Crippen LogP contribution in [0, 0.1) is 0 Å². The van der Waals surface area contributed by atoms with Crippen molar-refractivity contribution < 1.29 is 30.0 Å². The van der Waals surface area contributed by atoms with Gasteiger partial charge in [-0.05, 0) is 0 Å². The number of amides is 1. The summed E-state index contributed by atoms with van der Waals surface area (Å²) in [4.78, 5) is 10.7. The fraction of sp³-hybridized carbons (Fsp3) is 0.875. The van der Waals surface area contributed by atoms with Crippen molar-refractivity contribution in [1.29, 1.82) is 0 Å². The van der Waals surface area contributed by atoms with Crippen LogP contribution in [0.3, 0.4) is 0 Å². The second-order valence-corrected chi connectivity index (χ2v) is 3.45. The van der Waals surface area contributed by atoms with Gasteiger partial charge in [-0.2, -0.15) is 0 Å². The Hall–Kier alpha value is -0.730. The van der Waals surface area contributed by atoms with Gasteiger partial charge in [0.05, 0.1) is 6.61 Å². The smallest absolute Gasteiger partial charge is 0.218 e. The number of nitrogens with one attached hydrogen (secondary N) is 1. The third-order valence-electron chi connectivity index (χ3n) is 2.24. The molecule has 5 atom stereocenters. The monoisotopic (exact) mass is 221 g/mol. The standard InChI is InChI=1S/C8H15NO6/c1-3(11)9-8-7(14)6(13)5(12)4(2-10)15-8/h4-8,10,12-14H,2H2,1H3,(H,9,11)/t4-,5+,6+,7+,8-/m1/s1. The van der Waals surface area contributed by atoms with E-state index in [-0.39, 0.29) is 0 Å². The second-order valence-electron chi connectivity index (χ2n) is 3.45. The van der Waals surface area contributed by atoms with E-state index in [0.29, 0.717) is 0 Å². The minimum absolute atomic E-state index is 0.445. The predicted molar refractivity (Wildman–Crippen MR) is 47.6 cm³/mol. The fourth-order valence-electron chi connectivity index (χ4n) is 1.42. The SMILES string of the molecule is CC(=O)N[C@@H]1O[C@H](CO)[C@H](O)[C@H](O)[C@@H]1O.